The summed E-state index contributed by atoms with van der Waals surface area (Å²) in [5, 5.41) is 3.62. The van der Waals surface area contributed by atoms with E-state index in [1.165, 1.54) is 0 Å². The van der Waals surface area contributed by atoms with E-state index >= 15 is 0 Å². The summed E-state index contributed by atoms with van der Waals surface area (Å²) in [7, 11) is 3.19. The van der Waals surface area contributed by atoms with Crippen molar-refractivity contribution in [2.45, 2.75) is 0 Å². The number of rotatable bonds is 6. The molecule has 2 aromatic heterocycles. The number of fused-ring (bicyclic) bond motifs is 1. The van der Waals surface area contributed by atoms with Gasteiger partial charge in [0.25, 0.3) is 5.91 Å². The van der Waals surface area contributed by atoms with E-state index in [4.69, 9.17) is 14.2 Å². The van der Waals surface area contributed by atoms with Crippen LogP contribution in [-0.2, 0) is 0 Å². The van der Waals surface area contributed by atoms with Crippen LogP contribution in [0.4, 0.5) is 5.82 Å². The molecule has 7 heteroatoms. The average Bonchev–Trinajstić information content (AvgIpc) is 2.79. The Labute approximate surface area is 173 Å². The van der Waals surface area contributed by atoms with Gasteiger partial charge in [0, 0.05) is 17.0 Å². The molecule has 0 aliphatic heterocycles. The molecule has 0 unspecified atom stereocenters. The maximum atomic E-state index is 12.5. The molecule has 0 saturated carbocycles. The van der Waals surface area contributed by atoms with Crippen LogP contribution in [0.3, 0.4) is 0 Å². The minimum atomic E-state index is -0.268. The third-order valence-electron chi connectivity index (χ3n) is 4.40. The number of hydrogen-bond donors (Lipinski definition) is 1. The van der Waals surface area contributed by atoms with Crippen molar-refractivity contribution in [1.29, 1.82) is 0 Å². The minimum absolute atomic E-state index is 0.268. The van der Waals surface area contributed by atoms with Crippen LogP contribution in [0.25, 0.3) is 11.0 Å². The SMILES string of the molecule is COc1ccc(Oc2ccc3ccc(NC(=O)c4ccc(OC)cc4)nc3n2)cc1. The van der Waals surface area contributed by atoms with Gasteiger partial charge in [-0.3, -0.25) is 4.79 Å². The molecule has 7 nitrogen and oxygen atoms in total. The Bertz CT molecular complexity index is 1180. The second kappa shape index (κ2) is 8.48. The number of pyridine rings is 2. The molecule has 0 fully saturated rings. The van der Waals surface area contributed by atoms with Crippen LogP contribution < -0.4 is 19.5 Å². The first-order valence-electron chi connectivity index (χ1n) is 9.20. The second-order valence-electron chi connectivity index (χ2n) is 6.35. The molecular formula is C23H19N3O4. The van der Waals surface area contributed by atoms with Gasteiger partial charge in [0.05, 0.1) is 14.2 Å². The molecule has 30 heavy (non-hydrogen) atoms. The molecule has 4 rings (SSSR count). The summed E-state index contributed by atoms with van der Waals surface area (Å²) in [6.07, 6.45) is 0. The molecular weight excluding hydrogens is 382 g/mol. The second-order valence-corrected chi connectivity index (χ2v) is 6.35. The number of hydrogen-bond acceptors (Lipinski definition) is 6. The number of aromatic nitrogens is 2. The van der Waals surface area contributed by atoms with Crippen molar-refractivity contribution >= 4 is 22.8 Å². The van der Waals surface area contributed by atoms with Gasteiger partial charge in [0.1, 0.15) is 23.1 Å². The normalized spacial score (nSPS) is 10.5. The van der Waals surface area contributed by atoms with Gasteiger partial charge in [-0.2, -0.15) is 4.98 Å². The van der Waals surface area contributed by atoms with E-state index in [1.807, 2.05) is 12.1 Å². The number of methoxy groups -OCH3 is 2. The summed E-state index contributed by atoms with van der Waals surface area (Å²) in [6.45, 7) is 0. The number of anilines is 1. The average molecular weight is 401 g/mol. The Morgan fingerprint density at radius 2 is 1.33 bits per heavy atom. The van der Waals surface area contributed by atoms with E-state index in [1.54, 1.807) is 74.9 Å². The highest BCUT2D eigenvalue weighted by Crippen LogP contribution is 2.24. The largest absolute Gasteiger partial charge is 0.497 e. The summed E-state index contributed by atoms with van der Waals surface area (Å²) >= 11 is 0. The molecule has 0 atom stereocenters. The van der Waals surface area contributed by atoms with Crippen LogP contribution in [0, 0.1) is 0 Å². The number of ether oxygens (including phenoxy) is 3. The van der Waals surface area contributed by atoms with Crippen LogP contribution in [0.2, 0.25) is 0 Å². The first kappa shape index (κ1) is 19.2. The van der Waals surface area contributed by atoms with Crippen molar-refractivity contribution in [2.24, 2.45) is 0 Å². The topological polar surface area (TPSA) is 82.6 Å². The zero-order valence-corrected chi connectivity index (χ0v) is 16.5. The van der Waals surface area contributed by atoms with Crippen LogP contribution in [-0.4, -0.2) is 30.1 Å². The maximum Gasteiger partial charge on any atom is 0.256 e. The number of amides is 1. The molecule has 0 saturated heterocycles. The summed E-state index contributed by atoms with van der Waals surface area (Å²) in [4.78, 5) is 21.3. The molecule has 0 bridgehead atoms. The van der Waals surface area contributed by atoms with Crippen LogP contribution in [0.1, 0.15) is 10.4 Å². The standard InChI is InChI=1S/C23H19N3O4/c1-28-17-7-3-16(4-8-17)23(27)25-20-13-5-15-6-14-21(26-22(15)24-20)30-19-11-9-18(29-2)10-12-19/h3-14H,1-2H3,(H,24,25,26,27). The minimum Gasteiger partial charge on any atom is -0.497 e. The molecule has 0 aliphatic carbocycles. The smallest absolute Gasteiger partial charge is 0.256 e. The van der Waals surface area contributed by atoms with Gasteiger partial charge in [0.2, 0.25) is 5.88 Å². The van der Waals surface area contributed by atoms with E-state index < -0.39 is 0 Å². The van der Waals surface area contributed by atoms with Crippen molar-refractivity contribution in [1.82, 2.24) is 9.97 Å². The molecule has 0 radical (unpaired) electrons. The van der Waals surface area contributed by atoms with Gasteiger partial charge in [0.15, 0.2) is 5.65 Å². The highest BCUT2D eigenvalue weighted by Gasteiger charge is 2.09. The molecule has 0 aliphatic rings. The fourth-order valence-corrected chi connectivity index (χ4v) is 2.80. The highest BCUT2D eigenvalue weighted by atomic mass is 16.5. The van der Waals surface area contributed by atoms with E-state index in [0.717, 1.165) is 11.1 Å². The number of benzene rings is 2. The van der Waals surface area contributed by atoms with E-state index in [2.05, 4.69) is 15.3 Å². The lowest BCUT2D eigenvalue weighted by Crippen LogP contribution is -2.12. The predicted octanol–water partition coefficient (Wildman–Crippen LogP) is 4.69. The Kier molecular flexibility index (Phi) is 5.43. The Morgan fingerprint density at radius 1 is 0.733 bits per heavy atom. The fraction of sp³-hybridized carbons (Fsp3) is 0.0870. The molecule has 0 spiro atoms. The number of nitrogens with zero attached hydrogens (tertiary/aromatic N) is 2. The summed E-state index contributed by atoms with van der Waals surface area (Å²) in [5.74, 6) is 2.59. The van der Waals surface area contributed by atoms with Gasteiger partial charge in [-0.05, 0) is 66.7 Å². The third kappa shape index (κ3) is 4.30. The van der Waals surface area contributed by atoms with Gasteiger partial charge >= 0.3 is 0 Å². The van der Waals surface area contributed by atoms with Crippen molar-refractivity contribution in [3.63, 3.8) is 0 Å². The van der Waals surface area contributed by atoms with E-state index in [0.29, 0.717) is 34.4 Å². The van der Waals surface area contributed by atoms with Gasteiger partial charge in [-0.15, -0.1) is 0 Å². The van der Waals surface area contributed by atoms with Crippen molar-refractivity contribution in [2.75, 3.05) is 19.5 Å². The molecule has 1 N–H and O–H groups in total. The Morgan fingerprint density at radius 3 is 2.00 bits per heavy atom. The maximum absolute atomic E-state index is 12.5. The zero-order chi connectivity index (χ0) is 20.9. The van der Waals surface area contributed by atoms with E-state index in [-0.39, 0.29) is 5.91 Å². The Balaban J connectivity index is 1.52. The molecule has 2 heterocycles. The monoisotopic (exact) mass is 401 g/mol. The number of carbonyl (C=O) groups excluding carboxylic acids is 1. The third-order valence-corrected chi connectivity index (χ3v) is 4.40. The van der Waals surface area contributed by atoms with Crippen molar-refractivity contribution in [3.05, 3.63) is 78.4 Å². The number of carbonyl (C=O) groups is 1. The van der Waals surface area contributed by atoms with Crippen LogP contribution >= 0.6 is 0 Å². The van der Waals surface area contributed by atoms with Crippen molar-refractivity contribution < 1.29 is 19.0 Å². The number of nitrogens with one attached hydrogen (secondary N) is 1. The summed E-state index contributed by atoms with van der Waals surface area (Å²) in [5.41, 5.74) is 0.968. The molecule has 4 aromatic rings. The van der Waals surface area contributed by atoms with Crippen LogP contribution in [0.15, 0.2) is 72.8 Å². The van der Waals surface area contributed by atoms with Gasteiger partial charge in [-0.25, -0.2) is 4.98 Å². The van der Waals surface area contributed by atoms with E-state index in [9.17, 15) is 4.79 Å². The summed E-state index contributed by atoms with van der Waals surface area (Å²) < 4.78 is 16.0. The van der Waals surface area contributed by atoms with Gasteiger partial charge < -0.3 is 19.5 Å². The molecule has 150 valence electrons. The highest BCUT2D eigenvalue weighted by molar-refractivity contribution is 6.04. The zero-order valence-electron chi connectivity index (χ0n) is 16.5. The predicted molar refractivity (Wildman–Crippen MR) is 114 cm³/mol. The molecule has 1 amide bonds. The quantitative estimate of drug-likeness (QED) is 0.505. The fourth-order valence-electron chi connectivity index (χ4n) is 2.80. The van der Waals surface area contributed by atoms with Crippen molar-refractivity contribution in [3.8, 4) is 23.1 Å². The Hall–Kier alpha value is -4.13. The lowest BCUT2D eigenvalue weighted by atomic mass is 10.2. The first-order chi connectivity index (χ1) is 14.6. The first-order valence-corrected chi connectivity index (χ1v) is 9.20. The summed E-state index contributed by atoms with van der Waals surface area (Å²) in [6, 6.07) is 21.2. The van der Waals surface area contributed by atoms with Crippen LogP contribution in [0.5, 0.6) is 23.1 Å². The lowest BCUT2D eigenvalue weighted by Gasteiger charge is -2.08. The van der Waals surface area contributed by atoms with Gasteiger partial charge in [-0.1, -0.05) is 0 Å². The lowest BCUT2D eigenvalue weighted by molar-refractivity contribution is 0.102. The molecule has 2 aromatic carbocycles.